The molecule has 0 bridgehead atoms. The first-order valence-electron chi connectivity index (χ1n) is 10.4. The highest BCUT2D eigenvalue weighted by Gasteiger charge is 2.35. The molecule has 1 aliphatic rings. The highest BCUT2D eigenvalue weighted by atomic mass is 79.9. The van der Waals surface area contributed by atoms with Crippen LogP contribution in [0.25, 0.3) is 0 Å². The van der Waals surface area contributed by atoms with Gasteiger partial charge < -0.3 is 14.9 Å². The summed E-state index contributed by atoms with van der Waals surface area (Å²) in [4.78, 5) is 11.0. The van der Waals surface area contributed by atoms with E-state index >= 15 is 0 Å². The molecular weight excluding hydrogens is 440 g/mol. The first kappa shape index (κ1) is 23.7. The average molecular weight is 473 g/mol. The minimum atomic E-state index is -0.817. The van der Waals surface area contributed by atoms with Crippen LogP contribution in [-0.4, -0.2) is 45.2 Å². The Morgan fingerprint density at radius 1 is 1.25 bits per heavy atom. The van der Waals surface area contributed by atoms with E-state index in [0.29, 0.717) is 22.6 Å². The van der Waals surface area contributed by atoms with Crippen LogP contribution in [0.1, 0.15) is 75.0 Å². The summed E-state index contributed by atoms with van der Waals surface area (Å²) in [5.74, 6) is 0.555. The second-order valence-corrected chi connectivity index (χ2v) is 9.93. The number of alkyl halides is 1. The van der Waals surface area contributed by atoms with Crippen molar-refractivity contribution >= 4 is 33.7 Å². The number of rotatable bonds is 13. The number of carboxylic acid groups (broad SMARTS) is 1. The molecule has 1 aliphatic carbocycles. The Morgan fingerprint density at radius 2 is 2.00 bits per heavy atom. The summed E-state index contributed by atoms with van der Waals surface area (Å²) in [6.07, 6.45) is 6.26. The summed E-state index contributed by atoms with van der Waals surface area (Å²) in [7, 11) is 0. The van der Waals surface area contributed by atoms with Crippen LogP contribution in [0.3, 0.4) is 0 Å². The van der Waals surface area contributed by atoms with E-state index in [1.807, 2.05) is 11.8 Å². The van der Waals surface area contributed by atoms with Crippen molar-refractivity contribution in [1.29, 1.82) is 0 Å². The average Bonchev–Trinajstić information content (AvgIpc) is 3.05. The fraction of sp³-hybridized carbons (Fsp3) is 0.682. The Labute approximate surface area is 181 Å². The van der Waals surface area contributed by atoms with Gasteiger partial charge in [-0.15, -0.1) is 0 Å². The predicted octanol–water partition coefficient (Wildman–Crippen LogP) is 5.53. The SMILES string of the molecule is CCCCCC(O)c1ccc(C2CCC(Br)C2SCCOCCC(=O)O)cc1. The van der Waals surface area contributed by atoms with Crippen LogP contribution in [0, 0.1) is 0 Å². The number of ether oxygens (including phenoxy) is 1. The van der Waals surface area contributed by atoms with E-state index in [4.69, 9.17) is 9.84 Å². The molecule has 1 fully saturated rings. The lowest BCUT2D eigenvalue weighted by Gasteiger charge is -2.22. The van der Waals surface area contributed by atoms with E-state index < -0.39 is 5.97 Å². The van der Waals surface area contributed by atoms with Crippen LogP contribution in [0.15, 0.2) is 24.3 Å². The molecular formula is C22H33BrO4S. The van der Waals surface area contributed by atoms with Gasteiger partial charge in [-0.3, -0.25) is 4.79 Å². The maximum absolute atomic E-state index is 10.5. The monoisotopic (exact) mass is 472 g/mol. The normalized spacial score (nSPS) is 23.0. The molecule has 4 atom stereocenters. The van der Waals surface area contributed by atoms with Gasteiger partial charge in [0.2, 0.25) is 0 Å². The first-order valence-corrected chi connectivity index (χ1v) is 12.3. The second-order valence-electron chi connectivity index (χ2n) is 7.47. The lowest BCUT2D eigenvalue weighted by atomic mass is 9.94. The molecule has 0 saturated heterocycles. The molecule has 4 nitrogen and oxygen atoms in total. The zero-order chi connectivity index (χ0) is 20.4. The number of hydrogen-bond donors (Lipinski definition) is 2. The number of thioether (sulfide) groups is 1. The number of benzene rings is 1. The molecule has 0 amide bonds. The molecule has 0 radical (unpaired) electrons. The van der Waals surface area contributed by atoms with Gasteiger partial charge in [0.25, 0.3) is 0 Å². The summed E-state index contributed by atoms with van der Waals surface area (Å²) in [5, 5.41) is 19.5. The molecule has 6 heteroatoms. The van der Waals surface area contributed by atoms with Crippen LogP contribution in [-0.2, 0) is 9.53 Å². The summed E-state index contributed by atoms with van der Waals surface area (Å²) in [6.45, 7) is 3.05. The number of hydrogen-bond acceptors (Lipinski definition) is 4. The summed E-state index contributed by atoms with van der Waals surface area (Å²) >= 11 is 5.75. The maximum Gasteiger partial charge on any atom is 0.305 e. The van der Waals surface area contributed by atoms with Gasteiger partial charge in [-0.05, 0) is 36.3 Å². The third-order valence-corrected chi connectivity index (χ3v) is 8.16. The molecule has 0 heterocycles. The summed E-state index contributed by atoms with van der Waals surface area (Å²) in [5.41, 5.74) is 2.36. The Bertz CT molecular complexity index is 580. The fourth-order valence-corrected chi connectivity index (χ4v) is 6.17. The second kappa shape index (κ2) is 12.9. The lowest BCUT2D eigenvalue weighted by molar-refractivity contribution is -0.138. The van der Waals surface area contributed by atoms with Crippen LogP contribution in [0.4, 0.5) is 0 Å². The molecule has 0 aliphatic heterocycles. The number of aliphatic hydroxyl groups excluding tert-OH is 1. The highest BCUT2D eigenvalue weighted by Crippen LogP contribution is 2.45. The molecule has 0 aromatic heterocycles. The van der Waals surface area contributed by atoms with Crippen molar-refractivity contribution in [3.05, 3.63) is 35.4 Å². The van der Waals surface area contributed by atoms with E-state index in [0.717, 1.165) is 37.0 Å². The Balaban J connectivity index is 1.83. The van der Waals surface area contributed by atoms with Gasteiger partial charge in [0, 0.05) is 15.8 Å². The number of aliphatic hydroxyl groups is 1. The van der Waals surface area contributed by atoms with Crippen LogP contribution < -0.4 is 0 Å². The van der Waals surface area contributed by atoms with Gasteiger partial charge in [-0.2, -0.15) is 11.8 Å². The lowest BCUT2D eigenvalue weighted by Crippen LogP contribution is -2.18. The van der Waals surface area contributed by atoms with Crippen molar-refractivity contribution in [2.45, 2.75) is 74.0 Å². The van der Waals surface area contributed by atoms with Crippen LogP contribution >= 0.6 is 27.7 Å². The number of carbonyl (C=O) groups is 1. The first-order chi connectivity index (χ1) is 13.5. The van der Waals surface area contributed by atoms with E-state index in [1.54, 1.807) is 0 Å². The quantitative estimate of drug-likeness (QED) is 0.291. The molecule has 0 spiro atoms. The third-order valence-electron chi connectivity index (χ3n) is 5.34. The summed E-state index contributed by atoms with van der Waals surface area (Å²) in [6, 6.07) is 8.55. The van der Waals surface area contributed by atoms with Crippen molar-refractivity contribution in [1.82, 2.24) is 0 Å². The Morgan fingerprint density at radius 3 is 2.68 bits per heavy atom. The van der Waals surface area contributed by atoms with Crippen molar-refractivity contribution in [3.63, 3.8) is 0 Å². The predicted molar refractivity (Wildman–Crippen MR) is 120 cm³/mol. The van der Waals surface area contributed by atoms with Gasteiger partial charge in [0.1, 0.15) is 0 Å². The van der Waals surface area contributed by atoms with Gasteiger partial charge in [-0.25, -0.2) is 0 Å². The molecule has 28 heavy (non-hydrogen) atoms. The molecule has 4 unspecified atom stereocenters. The van der Waals surface area contributed by atoms with Gasteiger partial charge in [-0.1, -0.05) is 66.4 Å². The van der Waals surface area contributed by atoms with Gasteiger partial charge in [0.15, 0.2) is 0 Å². The Hall–Kier alpha value is -0.560. The number of unbranched alkanes of at least 4 members (excludes halogenated alkanes) is 2. The van der Waals surface area contributed by atoms with Crippen molar-refractivity contribution in [3.8, 4) is 0 Å². The molecule has 1 aromatic carbocycles. The van der Waals surface area contributed by atoms with Crippen molar-refractivity contribution < 1.29 is 19.7 Å². The number of halogens is 1. The number of aliphatic carboxylic acids is 1. The van der Waals surface area contributed by atoms with E-state index in [9.17, 15) is 9.90 Å². The van der Waals surface area contributed by atoms with Crippen LogP contribution in [0.5, 0.6) is 0 Å². The smallest absolute Gasteiger partial charge is 0.305 e. The molecule has 1 aromatic rings. The molecule has 2 rings (SSSR count). The topological polar surface area (TPSA) is 66.8 Å². The summed E-state index contributed by atoms with van der Waals surface area (Å²) < 4.78 is 5.42. The van der Waals surface area contributed by atoms with Crippen molar-refractivity contribution in [2.75, 3.05) is 19.0 Å². The minimum Gasteiger partial charge on any atom is -0.481 e. The van der Waals surface area contributed by atoms with Gasteiger partial charge in [0.05, 0.1) is 25.7 Å². The standard InChI is InChI=1S/C22H33BrO4S/c1-2-3-4-5-20(24)17-8-6-16(7-9-17)18-10-11-19(23)22(18)28-15-14-27-13-12-21(25)26/h6-9,18-20,22,24H,2-5,10-15H2,1H3,(H,25,26). The maximum atomic E-state index is 10.5. The highest BCUT2D eigenvalue weighted by molar-refractivity contribution is 9.09. The van der Waals surface area contributed by atoms with E-state index in [2.05, 4.69) is 47.1 Å². The fourth-order valence-electron chi connectivity index (χ4n) is 3.72. The largest absolute Gasteiger partial charge is 0.481 e. The van der Waals surface area contributed by atoms with Crippen molar-refractivity contribution in [2.24, 2.45) is 0 Å². The zero-order valence-corrected chi connectivity index (χ0v) is 19.1. The van der Waals surface area contributed by atoms with Gasteiger partial charge >= 0.3 is 5.97 Å². The minimum absolute atomic E-state index is 0.0639. The Kier molecular flexibility index (Phi) is 10.9. The van der Waals surface area contributed by atoms with E-state index in [-0.39, 0.29) is 19.1 Å². The van der Waals surface area contributed by atoms with E-state index in [1.165, 1.54) is 18.4 Å². The number of carboxylic acids is 1. The zero-order valence-electron chi connectivity index (χ0n) is 16.7. The molecule has 2 N–H and O–H groups in total. The van der Waals surface area contributed by atoms with Crippen LogP contribution in [0.2, 0.25) is 0 Å². The molecule has 1 saturated carbocycles. The molecule has 158 valence electrons. The third kappa shape index (κ3) is 7.69.